The van der Waals surface area contributed by atoms with Crippen molar-refractivity contribution < 1.29 is 14.4 Å². The van der Waals surface area contributed by atoms with E-state index in [1.165, 1.54) is 24.5 Å². The summed E-state index contributed by atoms with van der Waals surface area (Å²) >= 11 is 6.38. The average molecular weight is 455 g/mol. The largest absolute Gasteiger partial charge is 0.322 e. The fraction of sp³-hybridized carbons (Fsp3) is 0. The van der Waals surface area contributed by atoms with Gasteiger partial charge >= 0.3 is 0 Å². The maximum atomic E-state index is 12.7. The molecule has 8 heteroatoms. The summed E-state index contributed by atoms with van der Waals surface area (Å²) in [6.45, 7) is 0. The Bertz CT molecular complexity index is 1370. The molecule has 0 fully saturated rings. The Morgan fingerprint density at radius 3 is 2.03 bits per heavy atom. The van der Waals surface area contributed by atoms with Crippen LogP contribution in [0.25, 0.3) is 11.4 Å². The number of nitrogens with one attached hydrogen (secondary N) is 1. The molecule has 1 aromatic heterocycles. The van der Waals surface area contributed by atoms with Gasteiger partial charge in [0.15, 0.2) is 5.82 Å². The normalized spacial score (nSPS) is 12.6. The zero-order valence-electron chi connectivity index (χ0n) is 17.0. The van der Waals surface area contributed by atoms with E-state index in [1.54, 1.807) is 30.3 Å². The van der Waals surface area contributed by atoms with E-state index in [1.807, 2.05) is 30.3 Å². The SMILES string of the molecule is O=C(Nc1ccc(N2C(=O)c3ccccc3C2=O)c(Cl)c1)c1cnc(-c2ccccc2)nc1. The third-order valence-electron chi connectivity index (χ3n) is 5.19. The summed E-state index contributed by atoms with van der Waals surface area (Å²) in [6.07, 6.45) is 2.89. The van der Waals surface area contributed by atoms with Crippen LogP contribution in [0.3, 0.4) is 0 Å². The molecule has 1 aliphatic rings. The number of hydrogen-bond donors (Lipinski definition) is 1. The highest BCUT2D eigenvalue weighted by molar-refractivity contribution is 6.40. The van der Waals surface area contributed by atoms with Crippen LogP contribution in [0.15, 0.2) is 85.2 Å². The first-order valence-electron chi connectivity index (χ1n) is 9.99. The number of aromatic nitrogens is 2. The van der Waals surface area contributed by atoms with Crippen LogP contribution in [0.4, 0.5) is 11.4 Å². The van der Waals surface area contributed by atoms with E-state index in [4.69, 9.17) is 11.6 Å². The number of nitrogens with zero attached hydrogens (tertiary/aromatic N) is 3. The number of carbonyl (C=O) groups excluding carboxylic acids is 3. The first-order chi connectivity index (χ1) is 16.0. The molecule has 33 heavy (non-hydrogen) atoms. The minimum atomic E-state index is -0.440. The number of rotatable bonds is 4. The number of benzene rings is 3. The number of hydrogen-bond acceptors (Lipinski definition) is 5. The number of imide groups is 1. The summed E-state index contributed by atoms with van der Waals surface area (Å²) in [4.78, 5) is 47.6. The van der Waals surface area contributed by atoms with E-state index in [0.29, 0.717) is 22.6 Å². The standard InChI is InChI=1S/C25H15ClN4O3/c26-20-12-17(10-11-21(20)30-24(32)18-8-4-5-9-19(18)25(30)33)29-23(31)16-13-27-22(28-14-16)15-6-2-1-3-7-15/h1-14H,(H,29,31). The van der Waals surface area contributed by atoms with Crippen molar-refractivity contribution in [2.75, 3.05) is 10.2 Å². The van der Waals surface area contributed by atoms with Gasteiger partial charge < -0.3 is 5.32 Å². The molecule has 1 N–H and O–H groups in total. The average Bonchev–Trinajstić information content (AvgIpc) is 3.10. The summed E-state index contributed by atoms with van der Waals surface area (Å²) < 4.78 is 0. The second-order valence-corrected chi connectivity index (χ2v) is 7.68. The van der Waals surface area contributed by atoms with Gasteiger partial charge in [-0.15, -0.1) is 0 Å². The van der Waals surface area contributed by atoms with E-state index < -0.39 is 17.7 Å². The van der Waals surface area contributed by atoms with Crippen molar-refractivity contribution in [3.05, 3.63) is 107 Å². The fourth-order valence-electron chi connectivity index (χ4n) is 3.56. The fourth-order valence-corrected chi connectivity index (χ4v) is 3.82. The van der Waals surface area contributed by atoms with Gasteiger partial charge in [0.05, 0.1) is 27.4 Å². The summed E-state index contributed by atoms with van der Waals surface area (Å²) in [5, 5.41) is 2.87. The maximum absolute atomic E-state index is 12.7. The molecule has 3 amide bonds. The molecule has 0 bridgehead atoms. The molecule has 3 aromatic carbocycles. The van der Waals surface area contributed by atoms with E-state index in [-0.39, 0.29) is 16.3 Å². The molecule has 1 aliphatic heterocycles. The topological polar surface area (TPSA) is 92.3 Å². The lowest BCUT2D eigenvalue weighted by Gasteiger charge is -2.16. The van der Waals surface area contributed by atoms with Gasteiger partial charge in [0.25, 0.3) is 17.7 Å². The van der Waals surface area contributed by atoms with Crippen LogP contribution < -0.4 is 10.2 Å². The zero-order valence-corrected chi connectivity index (χ0v) is 17.8. The molecule has 5 rings (SSSR count). The molecule has 4 aromatic rings. The molecule has 0 saturated heterocycles. The van der Waals surface area contributed by atoms with Crippen LogP contribution in [0.1, 0.15) is 31.1 Å². The Labute approximate surface area is 193 Å². The van der Waals surface area contributed by atoms with Gasteiger partial charge in [0.2, 0.25) is 0 Å². The van der Waals surface area contributed by atoms with E-state index >= 15 is 0 Å². The Morgan fingerprint density at radius 2 is 1.42 bits per heavy atom. The van der Waals surface area contributed by atoms with Gasteiger partial charge in [0, 0.05) is 23.6 Å². The highest BCUT2D eigenvalue weighted by Crippen LogP contribution is 2.34. The summed E-state index contributed by atoms with van der Waals surface area (Å²) in [5.41, 5.74) is 2.42. The van der Waals surface area contributed by atoms with Crippen LogP contribution in [0.5, 0.6) is 0 Å². The van der Waals surface area contributed by atoms with E-state index in [2.05, 4.69) is 15.3 Å². The van der Waals surface area contributed by atoms with Crippen molar-refractivity contribution >= 4 is 40.7 Å². The van der Waals surface area contributed by atoms with Gasteiger partial charge in [-0.25, -0.2) is 14.9 Å². The lowest BCUT2D eigenvalue weighted by molar-refractivity contribution is 0.0924. The molecule has 160 valence electrons. The summed E-state index contributed by atoms with van der Waals surface area (Å²) in [5.74, 6) is -0.783. The number of carbonyl (C=O) groups is 3. The van der Waals surface area contributed by atoms with Crippen LogP contribution in [0.2, 0.25) is 5.02 Å². The van der Waals surface area contributed by atoms with Crippen molar-refractivity contribution in [3.63, 3.8) is 0 Å². The van der Waals surface area contributed by atoms with Gasteiger partial charge in [-0.2, -0.15) is 0 Å². The van der Waals surface area contributed by atoms with Gasteiger partial charge in [-0.1, -0.05) is 54.1 Å². The molecular weight excluding hydrogens is 440 g/mol. The van der Waals surface area contributed by atoms with Crippen LogP contribution in [-0.2, 0) is 0 Å². The first-order valence-corrected chi connectivity index (χ1v) is 10.4. The highest BCUT2D eigenvalue weighted by Gasteiger charge is 2.37. The minimum absolute atomic E-state index is 0.151. The van der Waals surface area contributed by atoms with Crippen molar-refractivity contribution in [2.45, 2.75) is 0 Å². The summed E-state index contributed by atoms with van der Waals surface area (Å²) in [7, 11) is 0. The molecule has 0 unspecified atom stereocenters. The Balaban J connectivity index is 1.34. The number of anilines is 2. The smallest absolute Gasteiger partial charge is 0.266 e. The summed E-state index contributed by atoms with van der Waals surface area (Å²) in [6, 6.07) is 20.6. The first kappa shape index (κ1) is 20.5. The molecular formula is C25H15ClN4O3. The molecule has 2 heterocycles. The highest BCUT2D eigenvalue weighted by atomic mass is 35.5. The second-order valence-electron chi connectivity index (χ2n) is 7.27. The van der Waals surface area contributed by atoms with E-state index in [9.17, 15) is 14.4 Å². The monoisotopic (exact) mass is 454 g/mol. The predicted octanol–water partition coefficient (Wildman–Crippen LogP) is 4.85. The molecule has 0 radical (unpaired) electrons. The Hall–Kier alpha value is -4.36. The second kappa shape index (κ2) is 8.29. The predicted molar refractivity (Wildman–Crippen MR) is 124 cm³/mol. The zero-order chi connectivity index (χ0) is 22.9. The quantitative estimate of drug-likeness (QED) is 0.445. The third kappa shape index (κ3) is 3.75. The van der Waals surface area contributed by atoms with Crippen molar-refractivity contribution in [1.29, 1.82) is 0 Å². The maximum Gasteiger partial charge on any atom is 0.266 e. The van der Waals surface area contributed by atoms with E-state index in [0.717, 1.165) is 10.5 Å². The number of amides is 3. The number of halogens is 1. The van der Waals surface area contributed by atoms with Crippen molar-refractivity contribution in [1.82, 2.24) is 9.97 Å². The van der Waals surface area contributed by atoms with Crippen LogP contribution in [0, 0.1) is 0 Å². The molecule has 0 spiro atoms. The Kier molecular flexibility index (Phi) is 5.16. The van der Waals surface area contributed by atoms with Gasteiger partial charge in [-0.3, -0.25) is 14.4 Å². The molecule has 0 saturated carbocycles. The molecule has 0 aliphatic carbocycles. The minimum Gasteiger partial charge on any atom is -0.322 e. The Morgan fingerprint density at radius 1 is 0.818 bits per heavy atom. The van der Waals surface area contributed by atoms with Gasteiger partial charge in [-0.05, 0) is 30.3 Å². The van der Waals surface area contributed by atoms with Crippen molar-refractivity contribution in [2.24, 2.45) is 0 Å². The molecule has 7 nitrogen and oxygen atoms in total. The van der Waals surface area contributed by atoms with Crippen molar-refractivity contribution in [3.8, 4) is 11.4 Å². The third-order valence-corrected chi connectivity index (χ3v) is 5.49. The molecule has 0 atom stereocenters. The number of fused-ring (bicyclic) bond motifs is 1. The van der Waals surface area contributed by atoms with Crippen LogP contribution in [-0.4, -0.2) is 27.7 Å². The van der Waals surface area contributed by atoms with Crippen LogP contribution >= 0.6 is 11.6 Å². The lowest BCUT2D eigenvalue weighted by atomic mass is 10.1. The lowest BCUT2D eigenvalue weighted by Crippen LogP contribution is -2.29. The van der Waals surface area contributed by atoms with Gasteiger partial charge in [0.1, 0.15) is 0 Å².